The Labute approximate surface area is 78.1 Å². The largest absolute Gasteiger partial charge is 0.329 e. The quantitative estimate of drug-likeness (QED) is 0.628. The smallest absolute Gasteiger partial charge is 0.276 e. The Morgan fingerprint density at radius 1 is 1.46 bits per heavy atom. The van der Waals surface area contributed by atoms with Crippen molar-refractivity contribution < 1.29 is 17.8 Å². The van der Waals surface area contributed by atoms with Gasteiger partial charge in [0.1, 0.15) is 0 Å². The molecule has 78 valence electrons. The summed E-state index contributed by atoms with van der Waals surface area (Å²) in [5.41, 5.74) is 4.28. The molecule has 0 amide bonds. The molecule has 6 heteroatoms. The lowest BCUT2D eigenvalue weighted by Gasteiger charge is -2.21. The van der Waals surface area contributed by atoms with Crippen LogP contribution in [-0.4, -0.2) is 30.5 Å². The van der Waals surface area contributed by atoms with Crippen molar-refractivity contribution in [3.63, 3.8) is 0 Å². The maximum atomic E-state index is 11.4. The highest BCUT2D eigenvalue weighted by Crippen LogP contribution is 2.19. The molecule has 0 aromatic carbocycles. The van der Waals surface area contributed by atoms with E-state index < -0.39 is 33.1 Å². The minimum Gasteiger partial charge on any atom is -0.329 e. The van der Waals surface area contributed by atoms with Crippen LogP contribution in [0.1, 0.15) is 20.8 Å². The Balaban J connectivity index is 4.94. The van der Waals surface area contributed by atoms with Gasteiger partial charge in [-0.3, -0.25) is 9.35 Å². The van der Waals surface area contributed by atoms with Gasteiger partial charge in [0.25, 0.3) is 10.1 Å². The van der Waals surface area contributed by atoms with Crippen LogP contribution < -0.4 is 5.73 Å². The minimum atomic E-state index is -4.37. The van der Waals surface area contributed by atoms with Crippen molar-refractivity contribution in [1.29, 1.82) is 0 Å². The number of hydrogen-bond donors (Lipinski definition) is 2. The molecular weight excluding hydrogens is 194 g/mol. The summed E-state index contributed by atoms with van der Waals surface area (Å²) in [7, 11) is -4.37. The third kappa shape index (κ3) is 3.41. The Hall–Kier alpha value is -0.460. The van der Waals surface area contributed by atoms with Crippen LogP contribution in [0.2, 0.25) is 0 Å². The molecule has 0 saturated heterocycles. The summed E-state index contributed by atoms with van der Waals surface area (Å²) >= 11 is 0. The zero-order valence-corrected chi connectivity index (χ0v) is 8.76. The van der Waals surface area contributed by atoms with Crippen LogP contribution in [0.4, 0.5) is 0 Å². The van der Waals surface area contributed by atoms with E-state index in [4.69, 9.17) is 10.3 Å². The summed E-state index contributed by atoms with van der Waals surface area (Å²) < 4.78 is 30.1. The van der Waals surface area contributed by atoms with Crippen molar-refractivity contribution in [2.45, 2.75) is 26.0 Å². The monoisotopic (exact) mass is 209 g/mol. The van der Waals surface area contributed by atoms with Crippen molar-refractivity contribution in [3.05, 3.63) is 0 Å². The van der Waals surface area contributed by atoms with Crippen molar-refractivity contribution in [2.75, 3.05) is 6.54 Å². The van der Waals surface area contributed by atoms with Gasteiger partial charge in [0, 0.05) is 12.0 Å². The lowest BCUT2D eigenvalue weighted by atomic mass is 9.89. The van der Waals surface area contributed by atoms with Crippen LogP contribution in [-0.2, 0) is 14.9 Å². The minimum absolute atomic E-state index is 0.394. The molecule has 13 heavy (non-hydrogen) atoms. The van der Waals surface area contributed by atoms with E-state index in [0.29, 0.717) is 0 Å². The molecule has 0 aliphatic carbocycles. The first kappa shape index (κ1) is 12.5. The van der Waals surface area contributed by atoms with Crippen LogP contribution in [0.5, 0.6) is 0 Å². The van der Waals surface area contributed by atoms with Crippen LogP contribution in [0.15, 0.2) is 0 Å². The number of carbonyl (C=O) groups excluding carboxylic acids is 1. The standard InChI is InChI=1S/C7H15NO4S/c1-7(2,3)6(9)5(4-8)13(10,11)12/h5H,4,8H2,1-3H3,(H,10,11,12). The third-order valence-corrected chi connectivity index (χ3v) is 2.73. The zero-order valence-electron chi connectivity index (χ0n) is 7.94. The van der Waals surface area contributed by atoms with Crippen molar-refractivity contribution >= 4 is 15.9 Å². The number of nitrogens with two attached hydrogens (primary N) is 1. The van der Waals surface area contributed by atoms with E-state index in [-0.39, 0.29) is 0 Å². The van der Waals surface area contributed by atoms with Gasteiger partial charge >= 0.3 is 0 Å². The lowest BCUT2D eigenvalue weighted by molar-refractivity contribution is -0.125. The van der Waals surface area contributed by atoms with Crippen LogP contribution in [0.25, 0.3) is 0 Å². The van der Waals surface area contributed by atoms with Crippen molar-refractivity contribution in [3.8, 4) is 0 Å². The molecule has 0 bridgehead atoms. The molecule has 0 spiro atoms. The molecular formula is C7H15NO4S. The van der Waals surface area contributed by atoms with Crippen molar-refractivity contribution in [2.24, 2.45) is 11.1 Å². The topological polar surface area (TPSA) is 97.5 Å². The van der Waals surface area contributed by atoms with E-state index in [0.717, 1.165) is 0 Å². The first-order valence-electron chi connectivity index (χ1n) is 3.81. The maximum absolute atomic E-state index is 11.4. The van der Waals surface area contributed by atoms with E-state index in [1.54, 1.807) is 20.8 Å². The molecule has 1 atom stereocenters. The van der Waals surface area contributed by atoms with Crippen LogP contribution in [0.3, 0.4) is 0 Å². The summed E-state index contributed by atoms with van der Waals surface area (Å²) in [5.74, 6) is -0.572. The first-order chi connectivity index (χ1) is 5.60. The second-order valence-corrected chi connectivity index (χ2v) is 5.45. The molecule has 0 aliphatic rings. The van der Waals surface area contributed by atoms with Gasteiger partial charge < -0.3 is 5.73 Å². The average molecular weight is 209 g/mol. The molecule has 5 nitrogen and oxygen atoms in total. The number of carbonyl (C=O) groups is 1. The molecule has 0 aromatic rings. The van der Waals surface area contributed by atoms with Crippen molar-refractivity contribution in [1.82, 2.24) is 0 Å². The number of ketones is 1. The van der Waals surface area contributed by atoms with Crippen LogP contribution in [0, 0.1) is 5.41 Å². The fourth-order valence-corrected chi connectivity index (χ4v) is 1.71. The molecule has 0 radical (unpaired) electrons. The fraction of sp³-hybridized carbons (Fsp3) is 0.857. The van der Waals surface area contributed by atoms with E-state index in [9.17, 15) is 13.2 Å². The molecule has 3 N–H and O–H groups in total. The Bertz CT molecular complexity index is 288. The van der Waals surface area contributed by atoms with Gasteiger partial charge in [0.2, 0.25) is 0 Å². The van der Waals surface area contributed by atoms with Gasteiger partial charge in [0.05, 0.1) is 0 Å². The first-order valence-corrected chi connectivity index (χ1v) is 5.31. The molecule has 1 unspecified atom stereocenters. The van der Waals surface area contributed by atoms with Gasteiger partial charge in [0.15, 0.2) is 11.0 Å². The summed E-state index contributed by atoms with van der Waals surface area (Å²) in [6.07, 6.45) is 0. The predicted molar refractivity (Wildman–Crippen MR) is 48.9 cm³/mol. The SMILES string of the molecule is CC(C)(C)C(=O)C(CN)S(=O)(=O)O. The second-order valence-electron chi connectivity index (χ2n) is 3.85. The molecule has 0 aromatic heterocycles. The summed E-state index contributed by atoms with van der Waals surface area (Å²) in [6.45, 7) is 4.32. The number of hydrogen-bond acceptors (Lipinski definition) is 4. The summed E-state index contributed by atoms with van der Waals surface area (Å²) in [6, 6.07) is 0. The van der Waals surface area contributed by atoms with E-state index in [2.05, 4.69) is 0 Å². The number of Topliss-reactive ketones (excluding diaryl/α,β-unsaturated/α-hetero) is 1. The summed E-state index contributed by atoms with van der Waals surface area (Å²) in [5, 5.41) is -1.51. The zero-order chi connectivity index (χ0) is 10.9. The van der Waals surface area contributed by atoms with Gasteiger partial charge in [-0.2, -0.15) is 8.42 Å². The van der Waals surface area contributed by atoms with Gasteiger partial charge in [-0.25, -0.2) is 0 Å². The predicted octanol–water partition coefficient (Wildman–Crippen LogP) is -0.183. The van der Waals surface area contributed by atoms with Gasteiger partial charge in [-0.1, -0.05) is 20.8 Å². The molecule has 0 aliphatic heterocycles. The normalized spacial score (nSPS) is 15.5. The highest BCUT2D eigenvalue weighted by atomic mass is 32.2. The van der Waals surface area contributed by atoms with E-state index in [1.165, 1.54) is 0 Å². The molecule has 0 saturated carbocycles. The third-order valence-electron chi connectivity index (χ3n) is 1.61. The Morgan fingerprint density at radius 3 is 1.92 bits per heavy atom. The Morgan fingerprint density at radius 2 is 1.85 bits per heavy atom. The van der Waals surface area contributed by atoms with Gasteiger partial charge in [-0.15, -0.1) is 0 Å². The Kier molecular flexibility index (Phi) is 3.60. The summed E-state index contributed by atoms with van der Waals surface area (Å²) in [4.78, 5) is 11.4. The maximum Gasteiger partial charge on any atom is 0.276 e. The van der Waals surface area contributed by atoms with Crippen LogP contribution >= 0.6 is 0 Å². The molecule has 0 heterocycles. The lowest BCUT2D eigenvalue weighted by Crippen LogP contribution is -2.42. The average Bonchev–Trinajstić information content (AvgIpc) is 1.83. The number of rotatable bonds is 3. The van der Waals surface area contributed by atoms with E-state index >= 15 is 0 Å². The molecule has 0 rings (SSSR count). The highest BCUT2D eigenvalue weighted by molar-refractivity contribution is 7.87. The fourth-order valence-electron chi connectivity index (χ4n) is 0.847. The van der Waals surface area contributed by atoms with E-state index in [1.807, 2.05) is 0 Å². The second kappa shape index (κ2) is 3.73. The molecule has 0 fully saturated rings. The highest BCUT2D eigenvalue weighted by Gasteiger charge is 2.36. The van der Waals surface area contributed by atoms with Gasteiger partial charge in [-0.05, 0) is 0 Å².